The topological polar surface area (TPSA) is 17.1 Å². The summed E-state index contributed by atoms with van der Waals surface area (Å²) in [7, 11) is 0. The number of carbonyl (C=O) groups is 1. The van der Waals surface area contributed by atoms with Gasteiger partial charge in [0.25, 0.3) is 0 Å². The molecular weight excluding hydrogens is 376 g/mol. The third-order valence-electron chi connectivity index (χ3n) is 3.47. The fraction of sp³-hybridized carbons (Fsp3) is 0.900. The van der Waals surface area contributed by atoms with Crippen LogP contribution in [0.3, 0.4) is 0 Å². The van der Waals surface area contributed by atoms with Crippen LogP contribution < -0.4 is 0 Å². The second kappa shape index (κ2) is 4.54. The van der Waals surface area contributed by atoms with E-state index in [1.165, 1.54) is 19.3 Å². The molecule has 2 aliphatic carbocycles. The Balaban J connectivity index is 2.15. The van der Waals surface area contributed by atoms with Gasteiger partial charge < -0.3 is 0 Å². The molecule has 2 bridgehead atoms. The molecule has 0 saturated heterocycles. The van der Waals surface area contributed by atoms with E-state index in [1.54, 1.807) is 0 Å². The first-order valence-corrected chi connectivity index (χ1v) is 7.96. The summed E-state index contributed by atoms with van der Waals surface area (Å²) in [5, 5.41) is 1.08. The van der Waals surface area contributed by atoms with E-state index in [9.17, 15) is 4.79 Å². The summed E-state index contributed by atoms with van der Waals surface area (Å²) in [6.45, 7) is 0. The summed E-state index contributed by atoms with van der Waals surface area (Å²) in [6, 6.07) is 0. The number of hydrogen-bond acceptors (Lipinski definition) is 1. The third-order valence-corrected chi connectivity index (χ3v) is 6.78. The van der Waals surface area contributed by atoms with Gasteiger partial charge in [0.2, 0.25) is 0 Å². The van der Waals surface area contributed by atoms with Gasteiger partial charge in [-0.3, -0.25) is 4.79 Å². The highest BCUT2D eigenvalue weighted by molar-refractivity contribution is 9.10. The monoisotopic (exact) mass is 386 g/mol. The Bertz CT molecular complexity index is 220. The maximum absolute atomic E-state index is 11.8. The zero-order valence-corrected chi connectivity index (χ0v) is 12.5. The molecule has 0 radical (unpaired) electrons. The van der Waals surface area contributed by atoms with Crippen LogP contribution in [-0.4, -0.2) is 20.8 Å². The van der Waals surface area contributed by atoms with E-state index in [2.05, 4.69) is 47.8 Å². The molecule has 0 aromatic rings. The molecule has 0 heterocycles. The molecule has 5 atom stereocenters. The lowest BCUT2D eigenvalue weighted by Gasteiger charge is -2.43. The molecule has 1 unspecified atom stereocenters. The Kier molecular flexibility index (Phi) is 3.76. The Hall–Kier alpha value is 1.11. The second-order valence-electron chi connectivity index (χ2n) is 4.45. The molecule has 0 amide bonds. The zero-order valence-electron chi connectivity index (χ0n) is 7.76. The van der Waals surface area contributed by atoms with Gasteiger partial charge in [0, 0.05) is 5.33 Å². The first-order chi connectivity index (χ1) is 6.63. The molecule has 0 spiro atoms. The van der Waals surface area contributed by atoms with Crippen LogP contribution in [-0.2, 0) is 4.79 Å². The number of fused-ring (bicyclic) bond motifs is 2. The molecule has 0 N–H and O–H groups in total. The highest BCUT2D eigenvalue weighted by Gasteiger charge is 2.45. The summed E-state index contributed by atoms with van der Waals surface area (Å²) in [5.74, 6) is 2.25. The van der Waals surface area contributed by atoms with E-state index in [-0.39, 0.29) is 9.65 Å². The predicted octanol–water partition coefficient (Wildman–Crippen LogP) is 3.52. The molecule has 0 aliphatic heterocycles. The van der Waals surface area contributed by atoms with Gasteiger partial charge in [-0.05, 0) is 37.0 Å². The van der Waals surface area contributed by atoms with E-state index in [0.29, 0.717) is 17.6 Å². The molecule has 14 heavy (non-hydrogen) atoms. The fourth-order valence-electron chi connectivity index (χ4n) is 2.75. The summed E-state index contributed by atoms with van der Waals surface area (Å²) in [4.78, 5) is 12.0. The molecular formula is C10H13Br3O. The number of alkyl halides is 3. The van der Waals surface area contributed by atoms with Crippen LogP contribution in [0.15, 0.2) is 0 Å². The van der Waals surface area contributed by atoms with E-state index in [4.69, 9.17) is 0 Å². The minimum Gasteiger partial charge on any atom is -0.297 e. The minimum atomic E-state index is 0.0879. The van der Waals surface area contributed by atoms with Crippen molar-refractivity contribution in [1.82, 2.24) is 0 Å². The van der Waals surface area contributed by atoms with Gasteiger partial charge >= 0.3 is 0 Å². The van der Waals surface area contributed by atoms with E-state index >= 15 is 0 Å². The Morgan fingerprint density at radius 3 is 2.00 bits per heavy atom. The zero-order chi connectivity index (χ0) is 10.3. The van der Waals surface area contributed by atoms with Crippen LogP contribution in [0.25, 0.3) is 0 Å². The van der Waals surface area contributed by atoms with Crippen LogP contribution in [0.5, 0.6) is 0 Å². The molecule has 0 aromatic heterocycles. The average Bonchev–Trinajstić information content (AvgIpc) is 2.23. The van der Waals surface area contributed by atoms with E-state index in [1.807, 2.05) is 0 Å². The third kappa shape index (κ3) is 1.99. The Morgan fingerprint density at radius 1 is 1.07 bits per heavy atom. The van der Waals surface area contributed by atoms with Crippen LogP contribution in [0.1, 0.15) is 19.3 Å². The van der Waals surface area contributed by atoms with Crippen LogP contribution in [0, 0.1) is 17.8 Å². The first-order valence-electron chi connectivity index (χ1n) is 5.01. The van der Waals surface area contributed by atoms with Gasteiger partial charge in [0.1, 0.15) is 0 Å². The fourth-order valence-corrected chi connectivity index (χ4v) is 5.07. The van der Waals surface area contributed by atoms with Crippen LogP contribution >= 0.6 is 47.8 Å². The lowest BCUT2D eigenvalue weighted by atomic mass is 9.68. The van der Waals surface area contributed by atoms with Gasteiger partial charge in [0.15, 0.2) is 5.78 Å². The highest BCUT2D eigenvalue weighted by atomic mass is 79.9. The van der Waals surface area contributed by atoms with Crippen molar-refractivity contribution in [3.63, 3.8) is 0 Å². The van der Waals surface area contributed by atoms with Crippen molar-refractivity contribution in [2.75, 3.05) is 5.33 Å². The van der Waals surface area contributed by atoms with Crippen molar-refractivity contribution in [2.45, 2.75) is 28.9 Å². The summed E-state index contributed by atoms with van der Waals surface area (Å²) >= 11 is 10.6. The Morgan fingerprint density at radius 2 is 1.57 bits per heavy atom. The molecule has 2 rings (SSSR count). The number of halogens is 3. The van der Waals surface area contributed by atoms with Crippen molar-refractivity contribution in [3.8, 4) is 0 Å². The van der Waals surface area contributed by atoms with Crippen molar-refractivity contribution in [1.29, 1.82) is 0 Å². The van der Waals surface area contributed by atoms with Crippen molar-refractivity contribution in [2.24, 2.45) is 17.8 Å². The lowest BCUT2D eigenvalue weighted by Crippen LogP contribution is -2.46. The maximum Gasteiger partial charge on any atom is 0.160 e. The molecule has 2 fully saturated rings. The predicted molar refractivity (Wildman–Crippen MR) is 68.6 cm³/mol. The van der Waals surface area contributed by atoms with Crippen LogP contribution in [0.2, 0.25) is 0 Å². The SMILES string of the molecule is O=C1[C@@H](Br)[C@@H]2CC(CBr)C[C@H](C2)[C@H]1Br. The molecule has 2 aliphatic rings. The van der Waals surface area contributed by atoms with E-state index in [0.717, 1.165) is 11.2 Å². The highest BCUT2D eigenvalue weighted by Crippen LogP contribution is 2.46. The lowest BCUT2D eigenvalue weighted by molar-refractivity contribution is -0.122. The summed E-state index contributed by atoms with van der Waals surface area (Å²) in [5.41, 5.74) is 0. The molecule has 1 nitrogen and oxygen atoms in total. The van der Waals surface area contributed by atoms with Gasteiger partial charge in [-0.2, -0.15) is 0 Å². The largest absolute Gasteiger partial charge is 0.297 e. The number of hydrogen-bond donors (Lipinski definition) is 0. The van der Waals surface area contributed by atoms with Crippen molar-refractivity contribution >= 4 is 53.6 Å². The standard InChI is InChI=1S/C10H13Br3O/c11-4-5-1-6-3-7(2-5)9(13)10(14)8(6)12/h5-9H,1-4H2/t5?,6-,7-,8-,9+/m1/s1. The number of carbonyl (C=O) groups excluding carboxylic acids is 1. The molecule has 80 valence electrons. The molecule has 0 aromatic carbocycles. The van der Waals surface area contributed by atoms with E-state index < -0.39 is 0 Å². The van der Waals surface area contributed by atoms with Crippen LogP contribution in [0.4, 0.5) is 0 Å². The van der Waals surface area contributed by atoms with Gasteiger partial charge in [0.05, 0.1) is 9.65 Å². The first kappa shape index (κ1) is 11.6. The average molecular weight is 389 g/mol. The maximum atomic E-state index is 11.8. The van der Waals surface area contributed by atoms with Gasteiger partial charge in [-0.15, -0.1) is 0 Å². The number of ketones is 1. The second-order valence-corrected chi connectivity index (χ2v) is 7.07. The quantitative estimate of drug-likeness (QED) is 0.628. The normalized spacial score (nSPS) is 47.9. The summed E-state index contributed by atoms with van der Waals surface area (Å²) in [6.07, 6.45) is 3.60. The van der Waals surface area contributed by atoms with Gasteiger partial charge in [-0.25, -0.2) is 0 Å². The Labute approximate surface area is 110 Å². The number of Topliss-reactive ketones (excluding diaryl/α,β-unsaturated/α-hetero) is 1. The number of rotatable bonds is 1. The summed E-state index contributed by atoms with van der Waals surface area (Å²) < 4.78 is 0. The molecule has 4 heteroatoms. The van der Waals surface area contributed by atoms with Crippen molar-refractivity contribution in [3.05, 3.63) is 0 Å². The smallest absolute Gasteiger partial charge is 0.160 e. The minimum absolute atomic E-state index is 0.0879. The van der Waals surface area contributed by atoms with Crippen molar-refractivity contribution < 1.29 is 4.79 Å². The molecule has 2 saturated carbocycles. The van der Waals surface area contributed by atoms with Gasteiger partial charge in [-0.1, -0.05) is 47.8 Å².